The molecule has 138 valence electrons. The summed E-state index contributed by atoms with van der Waals surface area (Å²) in [6, 6.07) is 0. The van der Waals surface area contributed by atoms with E-state index in [2.05, 4.69) is 46.2 Å². The van der Waals surface area contributed by atoms with Crippen LogP contribution in [0.4, 0.5) is 0 Å². The second-order valence-electron chi connectivity index (χ2n) is 9.33. The van der Waals surface area contributed by atoms with Crippen LogP contribution in [0.5, 0.6) is 0 Å². The summed E-state index contributed by atoms with van der Waals surface area (Å²) in [4.78, 5) is 13.0. The first-order valence-electron chi connectivity index (χ1n) is 8.62. The Morgan fingerprint density at radius 3 is 1.43 bits per heavy atom. The van der Waals surface area contributed by atoms with Crippen LogP contribution in [0.2, 0.25) is 58.9 Å². The molecule has 0 atom stereocenters. The summed E-state index contributed by atoms with van der Waals surface area (Å²) in [7, 11) is -5.38. The molecule has 0 bridgehead atoms. The molecular formula is C16H38O4Si3. The van der Waals surface area contributed by atoms with E-state index in [4.69, 9.17) is 13.3 Å². The van der Waals surface area contributed by atoms with Gasteiger partial charge in [0.25, 0.3) is 0 Å². The van der Waals surface area contributed by atoms with E-state index in [1.807, 2.05) is 19.6 Å². The molecule has 0 rings (SSSR count). The first-order valence-corrected chi connectivity index (χ1v) is 18.8. The Morgan fingerprint density at radius 1 is 0.783 bits per heavy atom. The summed E-state index contributed by atoms with van der Waals surface area (Å²) in [6.07, 6.45) is 1.65. The van der Waals surface area contributed by atoms with Crippen LogP contribution < -0.4 is 0 Å². The topological polar surface area (TPSA) is 44.8 Å². The van der Waals surface area contributed by atoms with Crippen LogP contribution in [0.1, 0.15) is 19.8 Å². The standard InChI is InChI=1S/C16H38O4Si3/c1-11-12-16(13-18-21(2,3)4,14-19-22(5,6)7)15(17)20-23(8,9)10/h11-14H2,1-10H3. The van der Waals surface area contributed by atoms with Crippen molar-refractivity contribution in [2.75, 3.05) is 13.2 Å². The Hall–Kier alpha value is 0.0406. The predicted molar refractivity (Wildman–Crippen MR) is 105 cm³/mol. The molecule has 0 heterocycles. The molecule has 23 heavy (non-hydrogen) atoms. The Balaban J connectivity index is 5.42. The zero-order valence-corrected chi connectivity index (χ0v) is 20.0. The van der Waals surface area contributed by atoms with Gasteiger partial charge in [-0.05, 0) is 65.3 Å². The highest BCUT2D eigenvalue weighted by Crippen LogP contribution is 2.31. The molecule has 0 saturated heterocycles. The molecule has 0 amide bonds. The third-order valence-corrected chi connectivity index (χ3v) is 5.94. The molecule has 0 aliphatic rings. The van der Waals surface area contributed by atoms with Crippen molar-refractivity contribution in [3.8, 4) is 0 Å². The first kappa shape index (κ1) is 23.0. The van der Waals surface area contributed by atoms with Gasteiger partial charge in [0.15, 0.2) is 16.6 Å². The highest BCUT2D eigenvalue weighted by atomic mass is 28.4. The number of hydrogen-bond acceptors (Lipinski definition) is 4. The number of rotatable bonds is 10. The fraction of sp³-hybridized carbons (Fsp3) is 0.938. The molecule has 0 spiro atoms. The molecular weight excluding hydrogens is 340 g/mol. The second kappa shape index (κ2) is 8.42. The van der Waals surface area contributed by atoms with Crippen molar-refractivity contribution < 1.29 is 18.1 Å². The van der Waals surface area contributed by atoms with E-state index >= 15 is 0 Å². The molecule has 0 N–H and O–H groups in total. The third kappa shape index (κ3) is 10.5. The molecule has 0 aromatic carbocycles. The van der Waals surface area contributed by atoms with Crippen LogP contribution in [0.15, 0.2) is 0 Å². The minimum absolute atomic E-state index is 0.130. The number of hydrogen-bond donors (Lipinski definition) is 0. The maximum atomic E-state index is 13.0. The number of carbonyl (C=O) groups excluding carboxylic acids is 1. The fourth-order valence-electron chi connectivity index (χ4n) is 1.98. The van der Waals surface area contributed by atoms with Crippen molar-refractivity contribution in [1.82, 2.24) is 0 Å². The van der Waals surface area contributed by atoms with Gasteiger partial charge in [-0.1, -0.05) is 13.3 Å². The molecule has 0 saturated carbocycles. The zero-order chi connectivity index (χ0) is 18.5. The molecule has 0 aliphatic carbocycles. The van der Waals surface area contributed by atoms with Crippen molar-refractivity contribution >= 4 is 30.9 Å². The van der Waals surface area contributed by atoms with Crippen molar-refractivity contribution in [1.29, 1.82) is 0 Å². The van der Waals surface area contributed by atoms with Crippen LogP contribution in [0.25, 0.3) is 0 Å². The second-order valence-corrected chi connectivity index (χ2v) is 22.8. The maximum Gasteiger partial charge on any atom is 0.303 e. The number of carbonyl (C=O) groups is 1. The van der Waals surface area contributed by atoms with Gasteiger partial charge in [0.05, 0.1) is 13.2 Å². The van der Waals surface area contributed by atoms with Crippen molar-refractivity contribution in [3.63, 3.8) is 0 Å². The van der Waals surface area contributed by atoms with Gasteiger partial charge in [-0.2, -0.15) is 0 Å². The van der Waals surface area contributed by atoms with Gasteiger partial charge in [-0.3, -0.25) is 4.79 Å². The molecule has 0 radical (unpaired) electrons. The highest BCUT2D eigenvalue weighted by Gasteiger charge is 2.43. The van der Waals surface area contributed by atoms with Gasteiger partial charge in [-0.15, -0.1) is 0 Å². The molecule has 0 aliphatic heterocycles. The quantitative estimate of drug-likeness (QED) is 0.509. The highest BCUT2D eigenvalue weighted by molar-refractivity contribution is 6.71. The molecule has 0 aromatic heterocycles. The lowest BCUT2D eigenvalue weighted by Gasteiger charge is -2.37. The van der Waals surface area contributed by atoms with Gasteiger partial charge >= 0.3 is 5.97 Å². The average Bonchev–Trinajstić information content (AvgIpc) is 2.28. The van der Waals surface area contributed by atoms with Crippen LogP contribution in [0, 0.1) is 5.41 Å². The lowest BCUT2D eigenvalue weighted by molar-refractivity contribution is -0.152. The average molecular weight is 379 g/mol. The molecule has 0 aromatic rings. The molecule has 4 nitrogen and oxygen atoms in total. The predicted octanol–water partition coefficient (Wildman–Crippen LogP) is 4.85. The van der Waals surface area contributed by atoms with Gasteiger partial charge in [0.2, 0.25) is 8.32 Å². The minimum Gasteiger partial charge on any atom is -0.519 e. The molecule has 7 heteroatoms. The van der Waals surface area contributed by atoms with Crippen LogP contribution in [-0.2, 0) is 18.1 Å². The maximum absolute atomic E-state index is 13.0. The zero-order valence-electron chi connectivity index (χ0n) is 17.0. The summed E-state index contributed by atoms with van der Waals surface area (Å²) in [5, 5.41) is 0. The van der Waals surface area contributed by atoms with Crippen molar-refractivity contribution in [3.05, 3.63) is 0 Å². The van der Waals surface area contributed by atoms with Crippen LogP contribution >= 0.6 is 0 Å². The van der Waals surface area contributed by atoms with Gasteiger partial charge < -0.3 is 13.3 Å². The van der Waals surface area contributed by atoms with E-state index in [-0.39, 0.29) is 5.97 Å². The van der Waals surface area contributed by atoms with Crippen LogP contribution in [-0.4, -0.2) is 44.1 Å². The third-order valence-electron chi connectivity index (χ3n) is 3.12. The lowest BCUT2D eigenvalue weighted by Crippen LogP contribution is -2.49. The monoisotopic (exact) mass is 378 g/mol. The van der Waals surface area contributed by atoms with Crippen molar-refractivity contribution in [2.45, 2.75) is 78.7 Å². The molecule has 0 fully saturated rings. The Kier molecular flexibility index (Phi) is 8.44. The normalized spacial score (nSPS) is 14.0. The van der Waals surface area contributed by atoms with Crippen LogP contribution in [0.3, 0.4) is 0 Å². The van der Waals surface area contributed by atoms with E-state index in [1.54, 1.807) is 0 Å². The summed E-state index contributed by atoms with van der Waals surface area (Å²) in [5.41, 5.74) is -0.671. The summed E-state index contributed by atoms with van der Waals surface area (Å²) in [6.45, 7) is 21.9. The Bertz CT molecular complexity index is 360. The van der Waals surface area contributed by atoms with E-state index < -0.39 is 30.4 Å². The van der Waals surface area contributed by atoms with Gasteiger partial charge in [-0.25, -0.2) is 0 Å². The largest absolute Gasteiger partial charge is 0.519 e. The van der Waals surface area contributed by atoms with Crippen molar-refractivity contribution in [2.24, 2.45) is 5.41 Å². The van der Waals surface area contributed by atoms with Gasteiger partial charge in [0, 0.05) is 0 Å². The van der Waals surface area contributed by atoms with E-state index in [0.717, 1.165) is 12.8 Å². The summed E-state index contributed by atoms with van der Waals surface area (Å²) < 4.78 is 18.1. The Morgan fingerprint density at radius 2 is 1.17 bits per heavy atom. The SMILES string of the molecule is CCCC(CO[Si](C)(C)C)(CO[Si](C)(C)C)C(=O)O[Si](C)(C)C. The van der Waals surface area contributed by atoms with Gasteiger partial charge in [0.1, 0.15) is 5.41 Å². The summed E-state index contributed by atoms with van der Waals surface area (Å²) >= 11 is 0. The first-order chi connectivity index (χ1) is 10.1. The molecule has 0 unspecified atom stereocenters. The fourth-order valence-corrected chi connectivity index (χ4v) is 4.17. The summed E-state index contributed by atoms with van der Waals surface area (Å²) in [5.74, 6) is -0.130. The van der Waals surface area contributed by atoms with E-state index in [1.165, 1.54) is 0 Å². The van der Waals surface area contributed by atoms with E-state index in [9.17, 15) is 4.79 Å². The lowest BCUT2D eigenvalue weighted by atomic mass is 9.85. The smallest absolute Gasteiger partial charge is 0.303 e. The van der Waals surface area contributed by atoms with E-state index in [0.29, 0.717) is 13.2 Å². The Labute approximate surface area is 146 Å². The minimum atomic E-state index is -1.95.